The van der Waals surface area contributed by atoms with Crippen LogP contribution in [0, 0.1) is 0 Å². The number of amides is 2. The molecule has 0 aliphatic carbocycles. The second kappa shape index (κ2) is 9.33. The third kappa shape index (κ3) is 5.68. The fourth-order valence-corrected chi connectivity index (χ4v) is 3.79. The van der Waals surface area contributed by atoms with Gasteiger partial charge in [0.25, 0.3) is 0 Å². The van der Waals surface area contributed by atoms with Crippen LogP contribution in [-0.4, -0.2) is 56.3 Å². The van der Waals surface area contributed by atoms with Crippen LogP contribution in [0.15, 0.2) is 29.2 Å². The molecule has 1 atom stereocenters. The van der Waals surface area contributed by atoms with Crippen molar-refractivity contribution in [3.8, 4) is 0 Å². The molecular weight excluding hydrogens is 364 g/mol. The van der Waals surface area contributed by atoms with Gasteiger partial charge < -0.3 is 10.4 Å². The third-order valence-corrected chi connectivity index (χ3v) is 5.04. The molecule has 8 nitrogen and oxygen atoms in total. The molecule has 2 rings (SSSR count). The lowest BCUT2D eigenvalue weighted by molar-refractivity contribution is -0.137. The summed E-state index contributed by atoms with van der Waals surface area (Å²) in [7, 11) is 0. The fourth-order valence-electron chi connectivity index (χ4n) is 2.08. The standard InChI is InChI=1S/C15H18N4O4S2/c1-2-7-19-13(23)10(9-11(20)16-5-3-4-12(21)22)25-15(19)18-14-17-6-8-24-14/h2,6,8,10H,1,3-5,7,9H2,(H,16,20)(H,21,22)/b18-15+. The molecule has 0 aromatic carbocycles. The van der Waals surface area contributed by atoms with E-state index >= 15 is 0 Å². The first-order chi connectivity index (χ1) is 12.0. The molecule has 134 valence electrons. The number of hydrogen-bond acceptors (Lipinski definition) is 7. The predicted octanol–water partition coefficient (Wildman–Crippen LogP) is 1.63. The summed E-state index contributed by atoms with van der Waals surface area (Å²) >= 11 is 2.59. The number of thioether (sulfide) groups is 1. The van der Waals surface area contributed by atoms with Crippen molar-refractivity contribution in [2.45, 2.75) is 24.5 Å². The van der Waals surface area contributed by atoms with Crippen molar-refractivity contribution < 1.29 is 19.5 Å². The van der Waals surface area contributed by atoms with Crippen molar-refractivity contribution in [3.05, 3.63) is 24.2 Å². The first-order valence-corrected chi connectivity index (χ1v) is 9.32. The molecule has 1 aromatic rings. The maximum Gasteiger partial charge on any atom is 0.303 e. The number of carboxylic acid groups (broad SMARTS) is 1. The molecule has 10 heteroatoms. The van der Waals surface area contributed by atoms with Crippen LogP contribution < -0.4 is 5.32 Å². The van der Waals surface area contributed by atoms with Crippen molar-refractivity contribution in [2.75, 3.05) is 13.1 Å². The van der Waals surface area contributed by atoms with Gasteiger partial charge in [0, 0.05) is 37.5 Å². The van der Waals surface area contributed by atoms with Gasteiger partial charge in [0.2, 0.25) is 16.9 Å². The van der Waals surface area contributed by atoms with Gasteiger partial charge in [-0.15, -0.1) is 17.9 Å². The van der Waals surface area contributed by atoms with E-state index in [9.17, 15) is 14.4 Å². The van der Waals surface area contributed by atoms with E-state index in [0.29, 0.717) is 23.3 Å². The smallest absolute Gasteiger partial charge is 0.303 e. The van der Waals surface area contributed by atoms with Crippen molar-refractivity contribution >= 4 is 51.2 Å². The molecule has 1 fully saturated rings. The van der Waals surface area contributed by atoms with Gasteiger partial charge in [0.05, 0.1) is 0 Å². The monoisotopic (exact) mass is 382 g/mol. The number of aliphatic carboxylic acids is 1. The van der Waals surface area contributed by atoms with Crippen LogP contribution in [0.1, 0.15) is 19.3 Å². The number of nitrogens with zero attached hydrogens (tertiary/aromatic N) is 3. The van der Waals surface area contributed by atoms with E-state index in [4.69, 9.17) is 5.11 Å². The summed E-state index contributed by atoms with van der Waals surface area (Å²) in [4.78, 5) is 44.8. The molecule has 1 saturated heterocycles. The van der Waals surface area contributed by atoms with Gasteiger partial charge in [-0.3, -0.25) is 19.3 Å². The molecular formula is C15H18N4O4S2. The van der Waals surface area contributed by atoms with Crippen LogP contribution in [0.2, 0.25) is 0 Å². The van der Waals surface area contributed by atoms with Crippen LogP contribution in [-0.2, 0) is 14.4 Å². The van der Waals surface area contributed by atoms with Crippen molar-refractivity contribution in [1.29, 1.82) is 0 Å². The van der Waals surface area contributed by atoms with Gasteiger partial charge in [-0.05, 0) is 6.42 Å². The Morgan fingerprint density at radius 2 is 2.32 bits per heavy atom. The number of hydrogen-bond donors (Lipinski definition) is 2. The Balaban J connectivity index is 1.95. The Morgan fingerprint density at radius 3 is 2.96 bits per heavy atom. The topological polar surface area (TPSA) is 112 Å². The predicted molar refractivity (Wildman–Crippen MR) is 97.0 cm³/mol. The average Bonchev–Trinajstić information content (AvgIpc) is 3.16. The maximum absolute atomic E-state index is 12.5. The number of thiazole rings is 1. The van der Waals surface area contributed by atoms with Gasteiger partial charge in [0.1, 0.15) is 5.25 Å². The number of carboxylic acids is 1. The van der Waals surface area contributed by atoms with Crippen molar-refractivity contribution in [3.63, 3.8) is 0 Å². The lowest BCUT2D eigenvalue weighted by Crippen LogP contribution is -2.35. The van der Waals surface area contributed by atoms with E-state index < -0.39 is 11.2 Å². The van der Waals surface area contributed by atoms with E-state index in [-0.39, 0.29) is 31.2 Å². The molecule has 1 aliphatic rings. The van der Waals surface area contributed by atoms with Crippen molar-refractivity contribution in [1.82, 2.24) is 15.2 Å². The SMILES string of the molecule is C=CCN1C(=O)C(CC(=O)NCCCC(=O)O)S/C1=N/c1nccs1. The molecule has 1 unspecified atom stereocenters. The summed E-state index contributed by atoms with van der Waals surface area (Å²) in [6.07, 6.45) is 3.60. The first-order valence-electron chi connectivity index (χ1n) is 7.57. The summed E-state index contributed by atoms with van der Waals surface area (Å²) in [6, 6.07) is 0. The molecule has 1 aromatic heterocycles. The van der Waals surface area contributed by atoms with Crippen LogP contribution in [0.4, 0.5) is 5.13 Å². The Labute approximate surface area is 153 Å². The van der Waals surface area contributed by atoms with Gasteiger partial charge in [0.15, 0.2) is 5.17 Å². The highest BCUT2D eigenvalue weighted by Gasteiger charge is 2.38. The Kier molecular flexibility index (Phi) is 7.14. The van der Waals surface area contributed by atoms with Gasteiger partial charge in [-0.1, -0.05) is 17.8 Å². The normalized spacial score (nSPS) is 18.6. The average molecular weight is 382 g/mol. The Hall–Kier alpha value is -2.20. The zero-order valence-electron chi connectivity index (χ0n) is 13.4. The maximum atomic E-state index is 12.5. The highest BCUT2D eigenvalue weighted by molar-refractivity contribution is 8.15. The molecule has 2 N–H and O–H groups in total. The van der Waals surface area contributed by atoms with Crippen LogP contribution >= 0.6 is 23.1 Å². The number of aromatic nitrogens is 1. The summed E-state index contributed by atoms with van der Waals surface area (Å²) in [5.74, 6) is -1.38. The minimum absolute atomic E-state index is 0.00484. The Bertz CT molecular complexity index is 675. The largest absolute Gasteiger partial charge is 0.481 e. The van der Waals surface area contributed by atoms with Crippen LogP contribution in [0.3, 0.4) is 0 Å². The fraction of sp³-hybridized carbons (Fsp3) is 0.400. The minimum atomic E-state index is -0.904. The molecule has 1 aliphatic heterocycles. The lowest BCUT2D eigenvalue weighted by Gasteiger charge is -2.13. The lowest BCUT2D eigenvalue weighted by atomic mass is 10.2. The summed E-state index contributed by atoms with van der Waals surface area (Å²) in [6.45, 7) is 4.23. The zero-order valence-corrected chi connectivity index (χ0v) is 15.0. The van der Waals surface area contributed by atoms with E-state index in [1.54, 1.807) is 17.7 Å². The van der Waals surface area contributed by atoms with Gasteiger partial charge >= 0.3 is 5.97 Å². The molecule has 0 saturated carbocycles. The number of nitrogens with one attached hydrogen (secondary N) is 1. The number of carbonyl (C=O) groups excluding carboxylic acids is 2. The second-order valence-corrected chi connectivity index (χ2v) is 7.15. The number of amidine groups is 1. The summed E-state index contributed by atoms with van der Waals surface area (Å²) in [5, 5.41) is 13.5. The van der Waals surface area contributed by atoms with E-state index in [2.05, 4.69) is 21.9 Å². The number of carbonyl (C=O) groups is 3. The quantitative estimate of drug-likeness (QED) is 0.496. The van der Waals surface area contributed by atoms with Gasteiger partial charge in [-0.2, -0.15) is 4.99 Å². The second-order valence-electron chi connectivity index (χ2n) is 5.10. The molecule has 25 heavy (non-hydrogen) atoms. The third-order valence-electron chi connectivity index (χ3n) is 3.20. The molecule has 2 heterocycles. The molecule has 2 amide bonds. The molecule has 0 bridgehead atoms. The number of aliphatic imine (C=N–C) groups is 1. The summed E-state index contributed by atoms with van der Waals surface area (Å²) < 4.78 is 0. The van der Waals surface area contributed by atoms with Crippen LogP contribution in [0.5, 0.6) is 0 Å². The highest BCUT2D eigenvalue weighted by atomic mass is 32.2. The van der Waals surface area contributed by atoms with E-state index in [1.165, 1.54) is 28.0 Å². The first kappa shape index (κ1) is 19.1. The highest BCUT2D eigenvalue weighted by Crippen LogP contribution is 2.31. The Morgan fingerprint density at radius 1 is 1.52 bits per heavy atom. The van der Waals surface area contributed by atoms with Crippen molar-refractivity contribution in [2.24, 2.45) is 4.99 Å². The zero-order chi connectivity index (χ0) is 18.2. The molecule has 0 radical (unpaired) electrons. The summed E-state index contributed by atoms with van der Waals surface area (Å²) in [5.41, 5.74) is 0. The van der Waals surface area contributed by atoms with Crippen LogP contribution in [0.25, 0.3) is 0 Å². The van der Waals surface area contributed by atoms with Gasteiger partial charge in [-0.25, -0.2) is 4.98 Å². The number of rotatable bonds is 9. The van der Waals surface area contributed by atoms with E-state index in [1.807, 2.05) is 0 Å². The minimum Gasteiger partial charge on any atom is -0.481 e. The van der Waals surface area contributed by atoms with E-state index in [0.717, 1.165) is 0 Å². The molecule has 0 spiro atoms.